The molecule has 3 rings (SSSR count). The Morgan fingerprint density at radius 1 is 1.04 bits per heavy atom. The molecule has 1 saturated heterocycles. The van der Waals surface area contributed by atoms with E-state index in [2.05, 4.69) is 46.3 Å². The molecule has 0 aliphatic carbocycles. The predicted molar refractivity (Wildman–Crippen MR) is 103 cm³/mol. The summed E-state index contributed by atoms with van der Waals surface area (Å²) in [4.78, 5) is 4.63. The van der Waals surface area contributed by atoms with Crippen LogP contribution in [0.3, 0.4) is 0 Å². The van der Waals surface area contributed by atoms with Crippen molar-refractivity contribution in [1.82, 2.24) is 4.90 Å². The lowest BCUT2D eigenvalue weighted by atomic mass is 10.2. The molecule has 0 amide bonds. The first-order valence-corrected chi connectivity index (χ1v) is 8.53. The number of halogens is 1. The number of nitrogens with one attached hydrogen (secondary N) is 1. The van der Waals surface area contributed by atoms with Crippen molar-refractivity contribution in [3.05, 3.63) is 59.1 Å². The molecular formula is C18H20ClN3S. The molecular weight excluding hydrogens is 326 g/mol. The van der Waals surface area contributed by atoms with Crippen LogP contribution in [0.1, 0.15) is 5.56 Å². The first kappa shape index (κ1) is 16.1. The van der Waals surface area contributed by atoms with Crippen LogP contribution < -0.4 is 10.2 Å². The molecule has 5 heteroatoms. The fourth-order valence-electron chi connectivity index (χ4n) is 2.73. The topological polar surface area (TPSA) is 18.5 Å². The first-order chi connectivity index (χ1) is 11.1. The maximum Gasteiger partial charge on any atom is 0.173 e. The molecule has 0 aromatic heterocycles. The van der Waals surface area contributed by atoms with Crippen molar-refractivity contribution in [1.29, 1.82) is 0 Å². The lowest BCUT2D eigenvalue weighted by Gasteiger charge is -2.37. The molecule has 0 saturated carbocycles. The zero-order valence-corrected chi connectivity index (χ0v) is 14.7. The molecule has 2 aromatic carbocycles. The van der Waals surface area contributed by atoms with E-state index in [0.29, 0.717) is 0 Å². The Bertz CT molecular complexity index is 679. The number of hydrogen-bond donors (Lipinski definition) is 1. The second-order valence-corrected chi connectivity index (χ2v) is 6.57. The third kappa shape index (κ3) is 4.15. The first-order valence-electron chi connectivity index (χ1n) is 7.75. The predicted octanol–water partition coefficient (Wildman–Crippen LogP) is 4.17. The highest BCUT2D eigenvalue weighted by Gasteiger charge is 2.19. The van der Waals surface area contributed by atoms with Crippen LogP contribution in [-0.4, -0.2) is 36.2 Å². The van der Waals surface area contributed by atoms with Crippen molar-refractivity contribution in [2.75, 3.05) is 36.4 Å². The van der Waals surface area contributed by atoms with Gasteiger partial charge in [0, 0.05) is 42.6 Å². The van der Waals surface area contributed by atoms with E-state index in [9.17, 15) is 0 Å². The molecule has 1 fully saturated rings. The average molecular weight is 346 g/mol. The Labute approximate surface area is 147 Å². The van der Waals surface area contributed by atoms with Crippen molar-refractivity contribution >= 4 is 40.3 Å². The van der Waals surface area contributed by atoms with E-state index in [0.717, 1.165) is 42.0 Å². The van der Waals surface area contributed by atoms with Crippen LogP contribution in [0.4, 0.5) is 11.4 Å². The van der Waals surface area contributed by atoms with E-state index in [1.54, 1.807) is 0 Å². The van der Waals surface area contributed by atoms with Crippen molar-refractivity contribution in [2.24, 2.45) is 0 Å². The Balaban J connectivity index is 1.56. The van der Waals surface area contributed by atoms with Crippen molar-refractivity contribution in [3.63, 3.8) is 0 Å². The van der Waals surface area contributed by atoms with Gasteiger partial charge in [0.2, 0.25) is 0 Å². The zero-order valence-electron chi connectivity index (χ0n) is 13.1. The lowest BCUT2D eigenvalue weighted by molar-refractivity contribution is 0.391. The fourth-order valence-corrected chi connectivity index (χ4v) is 3.15. The summed E-state index contributed by atoms with van der Waals surface area (Å²) in [6.45, 7) is 5.93. The minimum absolute atomic E-state index is 0.730. The third-order valence-corrected chi connectivity index (χ3v) is 4.64. The van der Waals surface area contributed by atoms with Crippen molar-refractivity contribution in [3.8, 4) is 0 Å². The number of benzene rings is 2. The second-order valence-electron chi connectivity index (χ2n) is 5.75. The minimum Gasteiger partial charge on any atom is -0.368 e. The highest BCUT2D eigenvalue weighted by Crippen LogP contribution is 2.19. The SMILES string of the molecule is Cc1cccc(N2CCN(C(=S)Nc3ccc(Cl)cc3)CC2)c1. The van der Waals surface area contributed by atoms with E-state index in [-0.39, 0.29) is 0 Å². The number of thiocarbonyl (C=S) groups is 1. The van der Waals surface area contributed by atoms with Crippen molar-refractivity contribution in [2.45, 2.75) is 6.92 Å². The summed E-state index contributed by atoms with van der Waals surface area (Å²) >= 11 is 11.4. The quantitative estimate of drug-likeness (QED) is 0.823. The Morgan fingerprint density at radius 2 is 1.74 bits per heavy atom. The van der Waals surface area contributed by atoms with Crippen LogP contribution in [0.5, 0.6) is 0 Å². The van der Waals surface area contributed by atoms with Gasteiger partial charge in [0.25, 0.3) is 0 Å². The highest BCUT2D eigenvalue weighted by molar-refractivity contribution is 7.80. The van der Waals surface area contributed by atoms with Crippen LogP contribution in [0, 0.1) is 6.92 Å². The number of anilines is 2. The number of rotatable bonds is 2. The van der Waals surface area contributed by atoms with Gasteiger partial charge in [-0.25, -0.2) is 0 Å². The van der Waals surface area contributed by atoms with Gasteiger partial charge in [-0.1, -0.05) is 23.7 Å². The monoisotopic (exact) mass is 345 g/mol. The van der Waals surface area contributed by atoms with Gasteiger partial charge in [0.1, 0.15) is 0 Å². The Kier molecular flexibility index (Phi) is 5.03. The summed E-state index contributed by atoms with van der Waals surface area (Å²) in [5.41, 5.74) is 3.56. The molecule has 0 radical (unpaired) electrons. The molecule has 0 unspecified atom stereocenters. The average Bonchev–Trinajstić information content (AvgIpc) is 2.57. The maximum atomic E-state index is 5.91. The molecule has 1 N–H and O–H groups in total. The third-order valence-electron chi connectivity index (χ3n) is 4.03. The van der Waals surface area contributed by atoms with Crippen LogP contribution >= 0.6 is 23.8 Å². The Hall–Kier alpha value is -1.78. The second kappa shape index (κ2) is 7.20. The maximum absolute atomic E-state index is 5.91. The van der Waals surface area contributed by atoms with Gasteiger partial charge in [0.15, 0.2) is 5.11 Å². The van der Waals surface area contributed by atoms with Crippen LogP contribution in [0.2, 0.25) is 5.02 Å². The summed E-state index contributed by atoms with van der Waals surface area (Å²) in [7, 11) is 0. The van der Waals surface area contributed by atoms with E-state index in [1.807, 2.05) is 24.3 Å². The molecule has 0 bridgehead atoms. The number of nitrogens with zero attached hydrogens (tertiary/aromatic N) is 2. The van der Waals surface area contributed by atoms with E-state index in [1.165, 1.54) is 11.3 Å². The summed E-state index contributed by atoms with van der Waals surface area (Å²) in [6, 6.07) is 16.3. The minimum atomic E-state index is 0.730. The number of aryl methyl sites for hydroxylation is 1. The van der Waals surface area contributed by atoms with Gasteiger partial charge in [-0.15, -0.1) is 0 Å². The van der Waals surface area contributed by atoms with Crippen LogP contribution in [0.25, 0.3) is 0 Å². The smallest absolute Gasteiger partial charge is 0.173 e. The summed E-state index contributed by atoms with van der Waals surface area (Å²) in [5, 5.41) is 4.79. The molecule has 3 nitrogen and oxygen atoms in total. The van der Waals surface area contributed by atoms with Gasteiger partial charge >= 0.3 is 0 Å². The largest absolute Gasteiger partial charge is 0.368 e. The van der Waals surface area contributed by atoms with E-state index in [4.69, 9.17) is 23.8 Å². The van der Waals surface area contributed by atoms with Gasteiger partial charge in [0.05, 0.1) is 0 Å². The van der Waals surface area contributed by atoms with Crippen molar-refractivity contribution < 1.29 is 0 Å². The molecule has 2 aromatic rings. The standard InChI is InChI=1S/C18H20ClN3S/c1-14-3-2-4-17(13-14)21-9-11-22(12-10-21)18(23)20-16-7-5-15(19)6-8-16/h2-8,13H,9-12H2,1H3,(H,20,23). The summed E-state index contributed by atoms with van der Waals surface area (Å²) < 4.78 is 0. The molecule has 0 atom stereocenters. The van der Waals surface area contributed by atoms with Crippen LogP contribution in [-0.2, 0) is 0 Å². The van der Waals surface area contributed by atoms with Gasteiger partial charge in [-0.2, -0.15) is 0 Å². The molecule has 1 heterocycles. The summed E-state index contributed by atoms with van der Waals surface area (Å²) in [6.07, 6.45) is 0. The molecule has 1 aliphatic rings. The van der Waals surface area contributed by atoms with E-state index < -0.39 is 0 Å². The molecule has 0 spiro atoms. The Morgan fingerprint density at radius 3 is 2.39 bits per heavy atom. The molecule has 23 heavy (non-hydrogen) atoms. The zero-order chi connectivity index (χ0) is 16.2. The van der Waals surface area contributed by atoms with Gasteiger partial charge < -0.3 is 15.1 Å². The highest BCUT2D eigenvalue weighted by atomic mass is 35.5. The summed E-state index contributed by atoms with van der Waals surface area (Å²) in [5.74, 6) is 0. The number of piperazine rings is 1. The van der Waals surface area contributed by atoms with Gasteiger partial charge in [-0.3, -0.25) is 0 Å². The van der Waals surface area contributed by atoms with Gasteiger partial charge in [-0.05, 0) is 61.1 Å². The molecule has 1 aliphatic heterocycles. The fraction of sp³-hybridized carbons (Fsp3) is 0.278. The van der Waals surface area contributed by atoms with Crippen LogP contribution in [0.15, 0.2) is 48.5 Å². The number of hydrogen-bond acceptors (Lipinski definition) is 2. The normalized spacial score (nSPS) is 14.7. The van der Waals surface area contributed by atoms with E-state index >= 15 is 0 Å². The molecule has 120 valence electrons. The lowest BCUT2D eigenvalue weighted by Crippen LogP contribution is -2.50.